The van der Waals surface area contributed by atoms with Gasteiger partial charge in [-0.05, 0) is 43.4 Å². The van der Waals surface area contributed by atoms with E-state index in [9.17, 15) is 43.2 Å². The number of aliphatic hydroxyl groups excluding tert-OH is 1. The molecular formula is C76H148O17P2. The van der Waals surface area contributed by atoms with Gasteiger partial charge < -0.3 is 33.8 Å². The quantitative estimate of drug-likeness (QED) is 0.0222. The molecule has 0 aromatic heterocycles. The van der Waals surface area contributed by atoms with E-state index >= 15 is 0 Å². The number of unbranched alkanes of at least 4 members (excludes halogenated alkanes) is 42. The molecule has 0 rings (SSSR count). The standard InChI is InChI=1S/C76H148O17P2/c1-8-9-10-11-12-13-14-15-16-17-21-24-30-35-43-50-57-73(78)86-63-71(92-75(80)59-52-45-36-31-25-22-19-18-20-23-28-33-40-47-54-67(2)3)65-90-94(82,83)88-61-70(77)62-89-95(84,85)91-66-72(64-87-74(79)58-51-44-39-38-42-49-56-69(6)7)93-76(81)60-53-46-37-32-27-26-29-34-41-48-55-68(4)5/h67-72,77H,8-66H2,1-7H3,(H,82,83)(H,84,85)/t70-,71-,72-/m1/s1. The lowest BCUT2D eigenvalue weighted by Gasteiger charge is -2.21. The summed E-state index contributed by atoms with van der Waals surface area (Å²) in [6, 6.07) is 0. The van der Waals surface area contributed by atoms with Crippen molar-refractivity contribution in [3.8, 4) is 0 Å². The third kappa shape index (κ3) is 70.3. The molecule has 19 heteroatoms. The molecule has 95 heavy (non-hydrogen) atoms. The highest BCUT2D eigenvalue weighted by molar-refractivity contribution is 7.47. The highest BCUT2D eigenvalue weighted by Gasteiger charge is 2.30. The number of esters is 4. The van der Waals surface area contributed by atoms with Gasteiger partial charge in [0.15, 0.2) is 12.2 Å². The Bertz CT molecular complexity index is 1850. The maximum absolute atomic E-state index is 13.1. The molecule has 0 radical (unpaired) electrons. The Morgan fingerprint density at radius 2 is 0.484 bits per heavy atom. The monoisotopic (exact) mass is 1400 g/mol. The van der Waals surface area contributed by atoms with Crippen LogP contribution in [0.15, 0.2) is 0 Å². The van der Waals surface area contributed by atoms with Crippen molar-refractivity contribution in [3.05, 3.63) is 0 Å². The van der Waals surface area contributed by atoms with Gasteiger partial charge in [0.05, 0.1) is 26.4 Å². The predicted octanol–water partition coefficient (Wildman–Crippen LogP) is 22.2. The van der Waals surface area contributed by atoms with Crippen molar-refractivity contribution >= 4 is 39.5 Å². The van der Waals surface area contributed by atoms with Gasteiger partial charge in [0, 0.05) is 25.7 Å². The Morgan fingerprint density at radius 3 is 0.716 bits per heavy atom. The average molecular weight is 1400 g/mol. The van der Waals surface area contributed by atoms with E-state index in [-0.39, 0.29) is 25.7 Å². The molecule has 0 aromatic rings. The first kappa shape index (κ1) is 93.1. The van der Waals surface area contributed by atoms with Gasteiger partial charge in [0.25, 0.3) is 0 Å². The molecule has 0 aliphatic rings. The first-order chi connectivity index (χ1) is 45.7. The van der Waals surface area contributed by atoms with Gasteiger partial charge >= 0.3 is 39.5 Å². The molecule has 3 N–H and O–H groups in total. The lowest BCUT2D eigenvalue weighted by atomic mass is 10.0. The minimum Gasteiger partial charge on any atom is -0.462 e. The topological polar surface area (TPSA) is 237 Å². The molecule has 564 valence electrons. The first-order valence-electron chi connectivity index (χ1n) is 39.3. The Labute approximate surface area is 581 Å². The number of carbonyl (C=O) groups excluding carboxylic acids is 4. The fourth-order valence-electron chi connectivity index (χ4n) is 11.6. The summed E-state index contributed by atoms with van der Waals surface area (Å²) >= 11 is 0. The summed E-state index contributed by atoms with van der Waals surface area (Å²) in [5.41, 5.74) is 0. The second kappa shape index (κ2) is 66.6. The first-order valence-corrected chi connectivity index (χ1v) is 42.3. The molecule has 5 atom stereocenters. The molecule has 0 aliphatic carbocycles. The zero-order chi connectivity index (χ0) is 70.1. The molecule has 2 unspecified atom stereocenters. The van der Waals surface area contributed by atoms with Crippen LogP contribution >= 0.6 is 15.6 Å². The van der Waals surface area contributed by atoms with Crippen LogP contribution < -0.4 is 0 Å². The van der Waals surface area contributed by atoms with Crippen molar-refractivity contribution in [2.24, 2.45) is 17.8 Å². The van der Waals surface area contributed by atoms with E-state index < -0.39 is 97.5 Å². The molecule has 17 nitrogen and oxygen atoms in total. The van der Waals surface area contributed by atoms with E-state index in [1.165, 1.54) is 193 Å². The zero-order valence-electron chi connectivity index (χ0n) is 62.1. The fraction of sp³-hybridized carbons (Fsp3) is 0.947. The minimum absolute atomic E-state index is 0.105. The van der Waals surface area contributed by atoms with Crippen LogP contribution in [0.1, 0.15) is 389 Å². The molecule has 0 aliphatic heterocycles. The molecular weight excluding hydrogens is 1250 g/mol. The van der Waals surface area contributed by atoms with Crippen LogP contribution in [0, 0.1) is 17.8 Å². The lowest BCUT2D eigenvalue weighted by Crippen LogP contribution is -2.30. The highest BCUT2D eigenvalue weighted by Crippen LogP contribution is 2.45. The van der Waals surface area contributed by atoms with E-state index in [0.29, 0.717) is 31.6 Å². The summed E-state index contributed by atoms with van der Waals surface area (Å²) in [7, 11) is -9.91. The molecule has 0 spiro atoms. The smallest absolute Gasteiger partial charge is 0.462 e. The van der Waals surface area contributed by atoms with Gasteiger partial charge in [-0.2, -0.15) is 0 Å². The molecule has 0 fully saturated rings. The maximum atomic E-state index is 13.1. The van der Waals surface area contributed by atoms with Crippen LogP contribution in [0.2, 0.25) is 0 Å². The Morgan fingerprint density at radius 1 is 0.284 bits per heavy atom. The van der Waals surface area contributed by atoms with Crippen LogP contribution in [0.3, 0.4) is 0 Å². The Kier molecular flexibility index (Phi) is 65.2. The van der Waals surface area contributed by atoms with Gasteiger partial charge in [-0.1, -0.05) is 337 Å². The number of ether oxygens (including phenoxy) is 4. The van der Waals surface area contributed by atoms with E-state index in [0.717, 1.165) is 108 Å². The third-order valence-corrected chi connectivity index (χ3v) is 19.5. The van der Waals surface area contributed by atoms with Crippen LogP contribution in [-0.4, -0.2) is 96.7 Å². The van der Waals surface area contributed by atoms with E-state index in [4.69, 9.17) is 37.0 Å². The van der Waals surface area contributed by atoms with Crippen molar-refractivity contribution in [1.82, 2.24) is 0 Å². The summed E-state index contributed by atoms with van der Waals surface area (Å²) < 4.78 is 68.5. The summed E-state index contributed by atoms with van der Waals surface area (Å²) in [5, 5.41) is 10.6. The van der Waals surface area contributed by atoms with Gasteiger partial charge in [-0.3, -0.25) is 37.3 Å². The molecule has 0 heterocycles. The van der Waals surface area contributed by atoms with E-state index in [2.05, 4.69) is 48.5 Å². The van der Waals surface area contributed by atoms with Crippen molar-refractivity contribution in [2.75, 3.05) is 39.6 Å². The van der Waals surface area contributed by atoms with Crippen LogP contribution in [0.5, 0.6) is 0 Å². The summed E-state index contributed by atoms with van der Waals surface area (Å²) in [6.45, 7) is 11.8. The lowest BCUT2D eigenvalue weighted by molar-refractivity contribution is -0.161. The van der Waals surface area contributed by atoms with Crippen molar-refractivity contribution in [3.63, 3.8) is 0 Å². The van der Waals surface area contributed by atoms with Crippen molar-refractivity contribution in [1.29, 1.82) is 0 Å². The number of phosphoric acid groups is 2. The Balaban J connectivity index is 5.24. The molecule has 0 amide bonds. The number of phosphoric ester groups is 2. The number of aliphatic hydroxyl groups is 1. The van der Waals surface area contributed by atoms with Crippen molar-refractivity contribution < 1.29 is 80.2 Å². The molecule has 0 saturated heterocycles. The van der Waals surface area contributed by atoms with Gasteiger partial charge in [-0.15, -0.1) is 0 Å². The average Bonchev–Trinajstić information content (AvgIpc) is 1.60. The summed E-state index contributed by atoms with van der Waals surface area (Å²) in [6.07, 6.45) is 52.9. The molecule has 0 bridgehead atoms. The minimum atomic E-state index is -4.96. The predicted molar refractivity (Wildman–Crippen MR) is 386 cm³/mol. The zero-order valence-corrected chi connectivity index (χ0v) is 63.9. The van der Waals surface area contributed by atoms with Gasteiger partial charge in [0.1, 0.15) is 19.3 Å². The number of rotatable bonds is 74. The second-order valence-corrected chi connectivity index (χ2v) is 31.7. The number of hydrogen-bond donors (Lipinski definition) is 3. The summed E-state index contributed by atoms with van der Waals surface area (Å²) in [5.74, 6) is 0.107. The normalized spacial score (nSPS) is 14.1. The third-order valence-electron chi connectivity index (χ3n) is 17.6. The van der Waals surface area contributed by atoms with Gasteiger partial charge in [-0.25, -0.2) is 9.13 Å². The number of hydrogen-bond acceptors (Lipinski definition) is 15. The SMILES string of the molecule is CCCCCCCCCCCCCCCCCCC(=O)OC[C@H](COP(=O)(O)OC[C@@H](O)COP(=O)(O)OC[C@@H](COC(=O)CCCCCCCCC(C)C)OC(=O)CCCCCCCCCCCCC(C)C)OC(=O)CCCCCCCCCCCCCCCCC(C)C. The maximum Gasteiger partial charge on any atom is 0.472 e. The Hall–Kier alpha value is -1.94. The second-order valence-electron chi connectivity index (χ2n) is 28.8. The fourth-order valence-corrected chi connectivity index (χ4v) is 13.2. The van der Waals surface area contributed by atoms with Crippen LogP contribution in [0.4, 0.5) is 0 Å². The van der Waals surface area contributed by atoms with Crippen molar-refractivity contribution in [2.45, 2.75) is 407 Å². The van der Waals surface area contributed by atoms with Crippen LogP contribution in [-0.2, 0) is 65.4 Å². The molecule has 0 aromatic carbocycles. The number of carbonyl (C=O) groups is 4. The largest absolute Gasteiger partial charge is 0.472 e. The molecule has 0 saturated carbocycles. The van der Waals surface area contributed by atoms with Gasteiger partial charge in [0.2, 0.25) is 0 Å². The van der Waals surface area contributed by atoms with E-state index in [1.54, 1.807) is 0 Å². The summed E-state index contributed by atoms with van der Waals surface area (Å²) in [4.78, 5) is 72.8. The van der Waals surface area contributed by atoms with Crippen LogP contribution in [0.25, 0.3) is 0 Å². The van der Waals surface area contributed by atoms with E-state index in [1.807, 2.05) is 0 Å². The highest BCUT2D eigenvalue weighted by atomic mass is 31.2.